The van der Waals surface area contributed by atoms with Crippen LogP contribution in [0.15, 0.2) is 51.7 Å². The van der Waals surface area contributed by atoms with Crippen LogP contribution in [-0.4, -0.2) is 27.6 Å². The molecule has 0 aliphatic carbocycles. The molecule has 9 heteroatoms. The molecule has 25 heavy (non-hydrogen) atoms. The van der Waals surface area contributed by atoms with Gasteiger partial charge in [-0.15, -0.1) is 5.10 Å². The van der Waals surface area contributed by atoms with E-state index in [-0.39, 0.29) is 18.9 Å². The molecule has 1 aromatic heterocycles. The Kier molecular flexibility index (Phi) is 5.30. The number of carbonyl (C=O) groups excluding carboxylic acids is 1. The molecule has 0 atom stereocenters. The highest BCUT2D eigenvalue weighted by Crippen LogP contribution is 2.27. The summed E-state index contributed by atoms with van der Waals surface area (Å²) in [5.74, 6) is -0.201. The van der Waals surface area contributed by atoms with Gasteiger partial charge in [0.2, 0.25) is 0 Å². The van der Waals surface area contributed by atoms with Gasteiger partial charge < -0.3 is 9.47 Å². The molecule has 0 unspecified atom stereocenters. The van der Waals surface area contributed by atoms with Crippen molar-refractivity contribution >= 4 is 44.4 Å². The van der Waals surface area contributed by atoms with Crippen molar-refractivity contribution in [2.24, 2.45) is 0 Å². The number of hydrogen-bond donors (Lipinski definition) is 0. The van der Waals surface area contributed by atoms with Gasteiger partial charge in [-0.25, -0.2) is 4.79 Å². The van der Waals surface area contributed by atoms with Crippen LogP contribution >= 0.6 is 27.5 Å². The third-order valence-electron chi connectivity index (χ3n) is 3.22. The lowest BCUT2D eigenvalue weighted by atomic mass is 10.2. The van der Waals surface area contributed by atoms with Gasteiger partial charge in [-0.1, -0.05) is 28.9 Å². The molecule has 0 bridgehead atoms. The van der Waals surface area contributed by atoms with Crippen molar-refractivity contribution < 1.29 is 14.3 Å². The highest BCUT2D eigenvalue weighted by atomic mass is 79.9. The van der Waals surface area contributed by atoms with E-state index >= 15 is 0 Å². The maximum atomic E-state index is 12.2. The van der Waals surface area contributed by atoms with Crippen LogP contribution in [0.4, 0.5) is 0 Å². The van der Waals surface area contributed by atoms with Gasteiger partial charge >= 0.3 is 5.97 Å². The number of halogens is 2. The SMILES string of the molecule is O=C(COc1ccc(Cl)cc1Br)OCn1nnc2ccccc2c1=O. The molecule has 0 saturated carbocycles. The third-order valence-corrected chi connectivity index (χ3v) is 4.07. The van der Waals surface area contributed by atoms with Crippen LogP contribution in [0.25, 0.3) is 10.9 Å². The summed E-state index contributed by atoms with van der Waals surface area (Å²) in [6.07, 6.45) is 0. The number of carbonyl (C=O) groups is 1. The fourth-order valence-electron chi connectivity index (χ4n) is 2.01. The molecule has 0 spiro atoms. The van der Waals surface area contributed by atoms with Crippen molar-refractivity contribution in [2.75, 3.05) is 6.61 Å². The number of fused-ring (bicyclic) bond motifs is 1. The first-order valence-corrected chi connectivity index (χ1v) is 8.28. The second kappa shape index (κ2) is 7.62. The Morgan fingerprint density at radius 3 is 2.84 bits per heavy atom. The lowest BCUT2D eigenvalue weighted by Gasteiger charge is -2.09. The number of ether oxygens (including phenoxy) is 2. The molecule has 3 rings (SSSR count). The third kappa shape index (κ3) is 4.15. The van der Waals surface area contributed by atoms with E-state index in [0.29, 0.717) is 26.1 Å². The molecule has 128 valence electrons. The lowest BCUT2D eigenvalue weighted by molar-refractivity contribution is -0.150. The Morgan fingerprint density at radius 1 is 1.24 bits per heavy atom. The van der Waals surface area contributed by atoms with Crippen LogP contribution in [-0.2, 0) is 16.3 Å². The van der Waals surface area contributed by atoms with Gasteiger partial charge in [0.1, 0.15) is 11.3 Å². The average Bonchev–Trinajstić information content (AvgIpc) is 2.60. The smallest absolute Gasteiger partial charge is 0.345 e. The Labute approximate surface area is 155 Å². The van der Waals surface area contributed by atoms with Crippen molar-refractivity contribution in [1.29, 1.82) is 0 Å². The Morgan fingerprint density at radius 2 is 2.04 bits per heavy atom. The molecular weight excluding hydrogens is 414 g/mol. The first-order chi connectivity index (χ1) is 12.0. The lowest BCUT2D eigenvalue weighted by Crippen LogP contribution is -2.27. The number of rotatable bonds is 5. The Bertz CT molecular complexity index is 993. The Hall–Kier alpha value is -2.45. The van der Waals surface area contributed by atoms with Gasteiger partial charge in [0.25, 0.3) is 5.56 Å². The molecule has 0 amide bonds. The summed E-state index contributed by atoms with van der Waals surface area (Å²) in [7, 11) is 0. The van der Waals surface area contributed by atoms with Crippen molar-refractivity contribution in [1.82, 2.24) is 15.0 Å². The quantitative estimate of drug-likeness (QED) is 0.586. The first kappa shape index (κ1) is 17.4. The summed E-state index contributed by atoms with van der Waals surface area (Å²) in [5.41, 5.74) is 0.0887. The minimum Gasteiger partial charge on any atom is -0.481 e. The molecule has 1 heterocycles. The summed E-state index contributed by atoms with van der Waals surface area (Å²) in [4.78, 5) is 24.0. The van der Waals surface area contributed by atoms with Crippen LogP contribution in [0.1, 0.15) is 0 Å². The first-order valence-electron chi connectivity index (χ1n) is 7.10. The van der Waals surface area contributed by atoms with E-state index in [0.717, 1.165) is 4.68 Å². The normalized spacial score (nSPS) is 10.6. The number of aromatic nitrogens is 3. The number of nitrogens with zero attached hydrogens (tertiary/aromatic N) is 3. The van der Waals surface area contributed by atoms with Crippen molar-refractivity contribution in [2.45, 2.75) is 6.73 Å². The predicted molar refractivity (Wildman–Crippen MR) is 94.5 cm³/mol. The van der Waals surface area contributed by atoms with Crippen molar-refractivity contribution in [3.8, 4) is 5.75 Å². The summed E-state index contributed by atoms with van der Waals surface area (Å²) >= 11 is 9.11. The zero-order chi connectivity index (χ0) is 17.8. The van der Waals surface area contributed by atoms with E-state index in [2.05, 4.69) is 26.2 Å². The van der Waals surface area contributed by atoms with Crippen LogP contribution in [0.5, 0.6) is 5.75 Å². The summed E-state index contributed by atoms with van der Waals surface area (Å²) < 4.78 is 11.9. The molecule has 0 aliphatic heterocycles. The molecule has 0 fully saturated rings. The molecule has 2 aromatic carbocycles. The van der Waals surface area contributed by atoms with Gasteiger partial charge in [-0.3, -0.25) is 4.79 Å². The molecular formula is C16H11BrClN3O4. The maximum Gasteiger partial charge on any atom is 0.345 e. The number of hydrogen-bond acceptors (Lipinski definition) is 6. The number of benzene rings is 2. The van der Waals surface area contributed by atoms with Gasteiger partial charge in [0, 0.05) is 5.02 Å². The van der Waals surface area contributed by atoms with E-state index < -0.39 is 5.97 Å². The molecule has 0 aliphatic rings. The Balaban J connectivity index is 1.61. The molecule has 0 saturated heterocycles. The minimum absolute atomic E-state index is 0.323. The largest absolute Gasteiger partial charge is 0.481 e. The minimum atomic E-state index is -0.649. The second-order valence-electron chi connectivity index (χ2n) is 4.92. The van der Waals surface area contributed by atoms with E-state index in [1.165, 1.54) is 0 Å². The zero-order valence-corrected chi connectivity index (χ0v) is 15.0. The van der Waals surface area contributed by atoms with Gasteiger partial charge in [0.05, 0.1) is 9.86 Å². The number of esters is 1. The summed E-state index contributed by atoms with van der Waals surface area (Å²) in [5, 5.41) is 8.58. The van der Waals surface area contributed by atoms with Crippen LogP contribution in [0.3, 0.4) is 0 Å². The predicted octanol–water partition coefficient (Wildman–Crippen LogP) is 2.79. The van der Waals surface area contributed by atoms with Crippen LogP contribution in [0, 0.1) is 0 Å². The molecule has 3 aromatic rings. The van der Waals surface area contributed by atoms with Gasteiger partial charge in [-0.05, 0) is 46.3 Å². The van der Waals surface area contributed by atoms with Gasteiger partial charge in [0.15, 0.2) is 13.3 Å². The summed E-state index contributed by atoms with van der Waals surface area (Å²) in [6, 6.07) is 11.7. The van der Waals surface area contributed by atoms with E-state index in [4.69, 9.17) is 21.1 Å². The van der Waals surface area contributed by atoms with E-state index in [1.807, 2.05) is 0 Å². The molecule has 7 nitrogen and oxygen atoms in total. The van der Waals surface area contributed by atoms with E-state index in [9.17, 15) is 9.59 Å². The van der Waals surface area contributed by atoms with Crippen molar-refractivity contribution in [3.05, 3.63) is 62.3 Å². The monoisotopic (exact) mass is 423 g/mol. The molecule has 0 radical (unpaired) electrons. The van der Waals surface area contributed by atoms with Crippen LogP contribution in [0.2, 0.25) is 5.02 Å². The van der Waals surface area contributed by atoms with Crippen LogP contribution < -0.4 is 10.3 Å². The summed E-state index contributed by atoms with van der Waals surface area (Å²) in [6.45, 7) is -0.670. The zero-order valence-electron chi connectivity index (χ0n) is 12.7. The second-order valence-corrected chi connectivity index (χ2v) is 6.21. The highest BCUT2D eigenvalue weighted by molar-refractivity contribution is 9.10. The average molecular weight is 425 g/mol. The fourth-order valence-corrected chi connectivity index (χ4v) is 2.81. The standard InChI is InChI=1S/C16H11BrClN3O4/c17-12-7-10(18)5-6-14(12)24-8-15(22)25-9-21-16(23)11-3-1-2-4-13(11)19-20-21/h1-7H,8-9H2. The van der Waals surface area contributed by atoms with E-state index in [1.54, 1.807) is 42.5 Å². The topological polar surface area (TPSA) is 83.3 Å². The highest BCUT2D eigenvalue weighted by Gasteiger charge is 2.10. The molecule has 0 N–H and O–H groups in total. The fraction of sp³-hybridized carbons (Fsp3) is 0.125. The van der Waals surface area contributed by atoms with Gasteiger partial charge in [-0.2, -0.15) is 4.68 Å². The van der Waals surface area contributed by atoms with Crippen molar-refractivity contribution in [3.63, 3.8) is 0 Å². The maximum absolute atomic E-state index is 12.2.